The molecule has 2 heterocycles. The minimum Gasteiger partial charge on any atom is -0.459 e. The van der Waals surface area contributed by atoms with Gasteiger partial charge in [0.1, 0.15) is 5.69 Å². The smallest absolute Gasteiger partial charge is 0.291 e. The summed E-state index contributed by atoms with van der Waals surface area (Å²) in [5, 5.41) is 10.3. The maximum Gasteiger partial charge on any atom is 0.291 e. The van der Waals surface area contributed by atoms with Crippen LogP contribution in [0.4, 0.5) is 11.4 Å². The molecule has 0 fully saturated rings. The maximum atomic E-state index is 12.3. The number of carbonyl (C=O) groups is 2. The average molecular weight is 361 g/mol. The second-order valence-electron chi connectivity index (χ2n) is 5.86. The molecule has 2 aromatic carbocycles. The summed E-state index contributed by atoms with van der Waals surface area (Å²) >= 11 is 0. The van der Waals surface area contributed by atoms with Crippen molar-refractivity contribution in [1.29, 1.82) is 0 Å². The molecular formula is C20H15N3O4. The summed E-state index contributed by atoms with van der Waals surface area (Å²) in [5.41, 5.74) is 2.32. The number of furan rings is 1. The van der Waals surface area contributed by atoms with Crippen molar-refractivity contribution < 1.29 is 18.5 Å². The number of hydrogen-bond acceptors (Lipinski definition) is 5. The van der Waals surface area contributed by atoms with Crippen LogP contribution in [0.2, 0.25) is 0 Å². The van der Waals surface area contributed by atoms with Gasteiger partial charge in [-0.25, -0.2) is 0 Å². The van der Waals surface area contributed by atoms with Crippen LogP contribution in [0.15, 0.2) is 75.9 Å². The standard InChI is InChI=1S/C20H15N3O4/c24-19(12-16-15-7-1-2-8-17(15)27-23-16)21-13-5-3-6-14(11-13)22-20(25)18-9-4-10-26-18/h1-11H,12H2,(H,21,24)(H,22,25). The van der Waals surface area contributed by atoms with Crippen LogP contribution in [0.25, 0.3) is 11.0 Å². The van der Waals surface area contributed by atoms with Crippen LogP contribution in [0.3, 0.4) is 0 Å². The van der Waals surface area contributed by atoms with Gasteiger partial charge in [0.15, 0.2) is 11.3 Å². The van der Waals surface area contributed by atoms with Crippen molar-refractivity contribution >= 4 is 34.2 Å². The van der Waals surface area contributed by atoms with Gasteiger partial charge in [-0.15, -0.1) is 0 Å². The predicted octanol–water partition coefficient (Wildman–Crippen LogP) is 3.85. The normalized spacial score (nSPS) is 10.7. The molecule has 0 aliphatic heterocycles. The number of para-hydroxylation sites is 1. The van der Waals surface area contributed by atoms with E-state index in [-0.39, 0.29) is 24.0 Å². The number of benzene rings is 2. The van der Waals surface area contributed by atoms with Crippen molar-refractivity contribution in [3.63, 3.8) is 0 Å². The first-order chi connectivity index (χ1) is 13.2. The Kier molecular flexibility index (Phi) is 4.40. The van der Waals surface area contributed by atoms with Crippen molar-refractivity contribution in [1.82, 2.24) is 5.16 Å². The number of fused-ring (bicyclic) bond motifs is 1. The van der Waals surface area contributed by atoms with Crippen LogP contribution >= 0.6 is 0 Å². The van der Waals surface area contributed by atoms with Gasteiger partial charge in [0.05, 0.1) is 12.7 Å². The van der Waals surface area contributed by atoms with Crippen LogP contribution in [-0.4, -0.2) is 17.0 Å². The highest BCUT2D eigenvalue weighted by molar-refractivity contribution is 6.03. The Morgan fingerprint density at radius 3 is 2.56 bits per heavy atom. The van der Waals surface area contributed by atoms with Crippen LogP contribution in [-0.2, 0) is 11.2 Å². The molecule has 0 radical (unpaired) electrons. The second-order valence-corrected chi connectivity index (χ2v) is 5.86. The molecule has 7 nitrogen and oxygen atoms in total. The van der Waals surface area contributed by atoms with Gasteiger partial charge < -0.3 is 19.6 Å². The van der Waals surface area contributed by atoms with Gasteiger partial charge in [0.25, 0.3) is 5.91 Å². The van der Waals surface area contributed by atoms with Gasteiger partial charge in [0, 0.05) is 16.8 Å². The minimum atomic E-state index is -0.363. The third-order valence-electron chi connectivity index (χ3n) is 3.93. The molecular weight excluding hydrogens is 346 g/mol. The number of anilines is 2. The highest BCUT2D eigenvalue weighted by atomic mass is 16.5. The minimum absolute atomic E-state index is 0.0833. The van der Waals surface area contributed by atoms with E-state index in [2.05, 4.69) is 15.8 Å². The number of amides is 2. The zero-order valence-electron chi connectivity index (χ0n) is 14.1. The molecule has 0 saturated heterocycles. The molecule has 0 unspecified atom stereocenters. The van der Waals surface area contributed by atoms with Crippen molar-refractivity contribution in [2.45, 2.75) is 6.42 Å². The Morgan fingerprint density at radius 2 is 1.74 bits per heavy atom. The highest BCUT2D eigenvalue weighted by Crippen LogP contribution is 2.20. The molecule has 0 bridgehead atoms. The van der Waals surface area contributed by atoms with E-state index in [1.807, 2.05) is 18.2 Å². The van der Waals surface area contributed by atoms with E-state index in [0.717, 1.165) is 5.39 Å². The summed E-state index contributed by atoms with van der Waals surface area (Å²) in [5.74, 6) is -0.386. The lowest BCUT2D eigenvalue weighted by atomic mass is 10.1. The molecule has 0 saturated carbocycles. The molecule has 0 aliphatic rings. The first kappa shape index (κ1) is 16.6. The van der Waals surface area contributed by atoms with E-state index in [0.29, 0.717) is 22.7 Å². The molecule has 2 amide bonds. The summed E-state index contributed by atoms with van der Waals surface area (Å²) < 4.78 is 10.3. The number of rotatable bonds is 5. The summed E-state index contributed by atoms with van der Waals surface area (Å²) in [6, 6.07) is 17.4. The fourth-order valence-electron chi connectivity index (χ4n) is 2.70. The van der Waals surface area contributed by atoms with Crippen molar-refractivity contribution in [2.24, 2.45) is 0 Å². The first-order valence-electron chi connectivity index (χ1n) is 8.27. The van der Waals surface area contributed by atoms with Crippen molar-refractivity contribution in [2.75, 3.05) is 10.6 Å². The summed E-state index contributed by atoms with van der Waals surface area (Å²) in [7, 11) is 0. The maximum absolute atomic E-state index is 12.3. The molecule has 4 aromatic rings. The Balaban J connectivity index is 1.43. The van der Waals surface area contributed by atoms with Gasteiger partial charge in [-0.3, -0.25) is 9.59 Å². The van der Waals surface area contributed by atoms with Crippen LogP contribution in [0.5, 0.6) is 0 Å². The molecule has 2 aromatic heterocycles. The lowest BCUT2D eigenvalue weighted by molar-refractivity contribution is -0.115. The number of carbonyl (C=O) groups excluding carboxylic acids is 2. The fraction of sp³-hybridized carbons (Fsp3) is 0.0500. The lowest BCUT2D eigenvalue weighted by Crippen LogP contribution is -2.15. The van der Waals surface area contributed by atoms with Gasteiger partial charge >= 0.3 is 0 Å². The quantitative estimate of drug-likeness (QED) is 0.563. The van der Waals surface area contributed by atoms with E-state index in [1.54, 1.807) is 42.5 Å². The topological polar surface area (TPSA) is 97.4 Å². The highest BCUT2D eigenvalue weighted by Gasteiger charge is 2.13. The van der Waals surface area contributed by atoms with Crippen molar-refractivity contribution in [3.8, 4) is 0 Å². The fourth-order valence-corrected chi connectivity index (χ4v) is 2.70. The Bertz CT molecular complexity index is 1100. The Morgan fingerprint density at radius 1 is 0.926 bits per heavy atom. The van der Waals surface area contributed by atoms with E-state index in [9.17, 15) is 9.59 Å². The third kappa shape index (κ3) is 3.72. The van der Waals surface area contributed by atoms with Gasteiger partial charge in [-0.2, -0.15) is 0 Å². The molecule has 134 valence electrons. The second kappa shape index (κ2) is 7.17. The van der Waals surface area contributed by atoms with E-state index in [4.69, 9.17) is 8.94 Å². The number of hydrogen-bond donors (Lipinski definition) is 2. The van der Waals surface area contributed by atoms with Crippen molar-refractivity contribution in [3.05, 3.63) is 78.4 Å². The predicted molar refractivity (Wildman–Crippen MR) is 99.4 cm³/mol. The number of aromatic nitrogens is 1. The summed E-state index contributed by atoms with van der Waals surface area (Å²) in [4.78, 5) is 24.4. The summed E-state index contributed by atoms with van der Waals surface area (Å²) in [6.45, 7) is 0. The Labute approximate surface area is 154 Å². The summed E-state index contributed by atoms with van der Waals surface area (Å²) in [6.07, 6.45) is 1.51. The molecule has 7 heteroatoms. The van der Waals surface area contributed by atoms with Crippen LogP contribution in [0.1, 0.15) is 16.2 Å². The zero-order chi connectivity index (χ0) is 18.6. The zero-order valence-corrected chi connectivity index (χ0v) is 14.1. The van der Waals surface area contributed by atoms with E-state index in [1.165, 1.54) is 6.26 Å². The Hall–Kier alpha value is -3.87. The number of nitrogens with zero attached hydrogens (tertiary/aromatic N) is 1. The SMILES string of the molecule is O=C(Cc1noc2ccccc12)Nc1cccc(NC(=O)c2ccco2)c1. The molecule has 0 aliphatic carbocycles. The molecule has 2 N–H and O–H groups in total. The largest absolute Gasteiger partial charge is 0.459 e. The van der Waals surface area contributed by atoms with Gasteiger partial charge in [-0.05, 0) is 42.5 Å². The third-order valence-corrected chi connectivity index (χ3v) is 3.93. The van der Waals surface area contributed by atoms with Gasteiger partial charge in [-0.1, -0.05) is 23.4 Å². The molecule has 4 rings (SSSR count). The van der Waals surface area contributed by atoms with Gasteiger partial charge in [0.2, 0.25) is 5.91 Å². The van der Waals surface area contributed by atoms with E-state index >= 15 is 0 Å². The first-order valence-corrected chi connectivity index (χ1v) is 8.27. The molecule has 0 atom stereocenters. The van der Waals surface area contributed by atoms with E-state index < -0.39 is 0 Å². The lowest BCUT2D eigenvalue weighted by Gasteiger charge is -2.08. The monoisotopic (exact) mass is 361 g/mol. The van der Waals surface area contributed by atoms with Crippen LogP contribution < -0.4 is 10.6 Å². The molecule has 27 heavy (non-hydrogen) atoms. The average Bonchev–Trinajstić information content (AvgIpc) is 3.33. The number of nitrogens with one attached hydrogen (secondary N) is 2. The van der Waals surface area contributed by atoms with Crippen LogP contribution in [0, 0.1) is 0 Å². The molecule has 0 spiro atoms.